The van der Waals surface area contributed by atoms with Gasteiger partial charge in [-0.3, -0.25) is 28.9 Å². The third-order valence-corrected chi connectivity index (χ3v) is 11.1. The molecule has 246 valence electrons. The molecule has 1 saturated heterocycles. The van der Waals surface area contributed by atoms with E-state index in [1.807, 2.05) is 13.8 Å². The maximum absolute atomic E-state index is 13.4. The summed E-state index contributed by atoms with van der Waals surface area (Å²) in [6.45, 7) is 16.6. The van der Waals surface area contributed by atoms with Gasteiger partial charge in [0.1, 0.15) is 10.1 Å². The van der Waals surface area contributed by atoms with Gasteiger partial charge in [0.25, 0.3) is 0 Å². The molecular formula is C32H49N3O6S3. The minimum atomic E-state index is -1.09. The molecule has 2 rings (SSSR count). The van der Waals surface area contributed by atoms with Gasteiger partial charge in [-0.15, -0.1) is 24.9 Å². The summed E-state index contributed by atoms with van der Waals surface area (Å²) in [5.41, 5.74) is -1.09. The maximum atomic E-state index is 13.4. The number of allylic oxidation sites excluding steroid dienone is 2. The molecule has 2 fully saturated rings. The first-order chi connectivity index (χ1) is 20.6. The fourth-order valence-electron chi connectivity index (χ4n) is 5.88. The number of carbonyl (C=O) groups excluding carboxylic acids is 5. The molecule has 4 amide bonds. The number of hydrogen-bond donors (Lipinski definition) is 1. The van der Waals surface area contributed by atoms with Crippen molar-refractivity contribution in [2.75, 3.05) is 33.0 Å². The second-order valence-electron chi connectivity index (χ2n) is 12.7. The molecule has 0 radical (unpaired) electrons. The summed E-state index contributed by atoms with van der Waals surface area (Å²) >= 11 is 8.32. The molecular weight excluding hydrogens is 619 g/mol. The average Bonchev–Trinajstić information content (AvgIpc) is 3.45. The number of hydrogen-bond acceptors (Lipinski definition) is 9. The Bertz CT molecular complexity index is 1090. The lowest BCUT2D eigenvalue weighted by atomic mass is 9.80. The molecule has 6 atom stereocenters. The van der Waals surface area contributed by atoms with Gasteiger partial charge in [-0.2, -0.15) is 0 Å². The number of fused-ring (bicyclic) bond motifs is 1. The van der Waals surface area contributed by atoms with Gasteiger partial charge in [0.2, 0.25) is 23.6 Å². The lowest BCUT2D eigenvalue weighted by Crippen LogP contribution is -2.43. The van der Waals surface area contributed by atoms with Crippen LogP contribution in [-0.2, 0) is 28.7 Å². The van der Waals surface area contributed by atoms with Crippen LogP contribution in [0.5, 0.6) is 0 Å². The van der Waals surface area contributed by atoms with Gasteiger partial charge in [-0.25, -0.2) is 0 Å². The molecule has 9 nitrogen and oxygen atoms in total. The van der Waals surface area contributed by atoms with Crippen molar-refractivity contribution in [3.8, 4) is 0 Å². The molecule has 2 aliphatic rings. The number of likely N-dealkylation sites (tertiary alicyclic amines) is 1. The number of thioether (sulfide) groups is 2. The van der Waals surface area contributed by atoms with E-state index < -0.39 is 34.4 Å². The molecule has 44 heavy (non-hydrogen) atoms. The zero-order valence-electron chi connectivity index (χ0n) is 27.1. The second kappa shape index (κ2) is 16.9. The molecule has 1 saturated carbocycles. The summed E-state index contributed by atoms with van der Waals surface area (Å²) in [5.74, 6) is -2.43. The number of thiocarbonyl (C=S) groups is 1. The van der Waals surface area contributed by atoms with Crippen molar-refractivity contribution in [3.63, 3.8) is 0 Å². The van der Waals surface area contributed by atoms with Crippen molar-refractivity contribution in [1.82, 2.24) is 15.1 Å². The van der Waals surface area contributed by atoms with Crippen molar-refractivity contribution in [2.24, 2.45) is 35.0 Å². The number of carbonyl (C=O) groups is 5. The largest absolute Gasteiger partial charge is 0.463 e. The Labute approximate surface area is 276 Å². The summed E-state index contributed by atoms with van der Waals surface area (Å²) in [4.78, 5) is 68.8. The normalized spacial score (nSPS) is 22.8. The van der Waals surface area contributed by atoms with Crippen LogP contribution < -0.4 is 5.32 Å². The Kier molecular flexibility index (Phi) is 14.6. The lowest BCUT2D eigenvalue weighted by molar-refractivity contribution is -0.158. The van der Waals surface area contributed by atoms with Gasteiger partial charge < -0.3 is 15.0 Å². The van der Waals surface area contributed by atoms with Gasteiger partial charge in [-0.1, -0.05) is 43.1 Å². The van der Waals surface area contributed by atoms with E-state index in [1.54, 1.807) is 40.1 Å². The topological polar surface area (TPSA) is 113 Å². The van der Waals surface area contributed by atoms with Crippen LogP contribution in [0.25, 0.3) is 0 Å². The summed E-state index contributed by atoms with van der Waals surface area (Å²) in [6.07, 6.45) is 5.40. The highest BCUT2D eigenvalue weighted by atomic mass is 32.2. The van der Waals surface area contributed by atoms with E-state index in [4.69, 9.17) is 17.0 Å². The van der Waals surface area contributed by atoms with Crippen LogP contribution in [0.4, 0.5) is 0 Å². The van der Waals surface area contributed by atoms with E-state index in [1.165, 1.54) is 33.3 Å². The number of esters is 1. The molecule has 1 N–H and O–H groups in total. The predicted octanol–water partition coefficient (Wildman–Crippen LogP) is 4.70. The number of nitrogens with one attached hydrogen (secondary N) is 1. The molecule has 1 aliphatic heterocycles. The second-order valence-corrected chi connectivity index (χ2v) is 16.2. The molecule has 0 aromatic heterocycles. The van der Waals surface area contributed by atoms with Gasteiger partial charge in [0.15, 0.2) is 0 Å². The maximum Gasteiger partial charge on any atom is 0.311 e. The number of ether oxygens (including phenoxy) is 1. The summed E-state index contributed by atoms with van der Waals surface area (Å²) < 4.78 is 6.23. The first kappa shape index (κ1) is 38.0. The van der Waals surface area contributed by atoms with E-state index in [0.29, 0.717) is 9.95 Å². The van der Waals surface area contributed by atoms with Crippen LogP contribution in [-0.4, -0.2) is 87.2 Å². The first-order valence-electron chi connectivity index (χ1n) is 15.2. The van der Waals surface area contributed by atoms with Crippen LogP contribution >= 0.6 is 35.7 Å². The summed E-state index contributed by atoms with van der Waals surface area (Å²) in [7, 11) is 3.33. The van der Waals surface area contributed by atoms with E-state index in [2.05, 4.69) is 25.4 Å². The SMILES string of the molecule is C=CC1CC(C=C)[C@@H]2C(=O)N(CCOC(=O)C(C)(C)CC(CC(SC(=S)SCCC)C(=O)N(C)C)C(=O)NC(C)C)C(=O)[C@H]12. The molecule has 0 spiro atoms. The van der Waals surface area contributed by atoms with Crippen LogP contribution in [0.2, 0.25) is 0 Å². The molecule has 1 heterocycles. The highest BCUT2D eigenvalue weighted by molar-refractivity contribution is 8.47. The van der Waals surface area contributed by atoms with Crippen molar-refractivity contribution >= 4 is 68.9 Å². The fraction of sp³-hybridized carbons (Fsp3) is 0.688. The molecule has 0 aromatic carbocycles. The number of nitrogens with zero attached hydrogens (tertiary/aromatic N) is 2. The predicted molar refractivity (Wildman–Crippen MR) is 182 cm³/mol. The lowest BCUT2D eigenvalue weighted by Gasteiger charge is -2.30. The van der Waals surface area contributed by atoms with Gasteiger partial charge in [0.05, 0.1) is 29.0 Å². The minimum absolute atomic E-state index is 0.0413. The zero-order valence-corrected chi connectivity index (χ0v) is 29.6. The first-order valence-corrected chi connectivity index (χ1v) is 17.5. The molecule has 0 aromatic rings. The van der Waals surface area contributed by atoms with E-state index in [0.717, 1.165) is 12.2 Å². The van der Waals surface area contributed by atoms with Crippen molar-refractivity contribution in [3.05, 3.63) is 25.3 Å². The van der Waals surface area contributed by atoms with Crippen molar-refractivity contribution in [1.29, 1.82) is 0 Å². The average molecular weight is 668 g/mol. The van der Waals surface area contributed by atoms with Crippen LogP contribution in [0, 0.1) is 35.0 Å². The molecule has 4 unspecified atom stereocenters. The third kappa shape index (κ3) is 9.66. The Morgan fingerprint density at radius 1 is 1.14 bits per heavy atom. The third-order valence-electron chi connectivity index (χ3n) is 8.10. The Hall–Kier alpha value is -2.18. The minimum Gasteiger partial charge on any atom is -0.463 e. The highest BCUT2D eigenvalue weighted by Crippen LogP contribution is 2.48. The molecule has 1 aliphatic carbocycles. The number of rotatable bonds is 16. The van der Waals surface area contributed by atoms with Crippen LogP contribution in [0.15, 0.2) is 25.3 Å². The van der Waals surface area contributed by atoms with E-state index in [-0.39, 0.29) is 67.5 Å². The smallest absolute Gasteiger partial charge is 0.311 e. The van der Waals surface area contributed by atoms with Gasteiger partial charge in [0, 0.05) is 26.1 Å². The monoisotopic (exact) mass is 667 g/mol. The Balaban J connectivity index is 2.13. The van der Waals surface area contributed by atoms with Crippen LogP contribution in [0.1, 0.15) is 60.3 Å². The van der Waals surface area contributed by atoms with E-state index >= 15 is 0 Å². The highest BCUT2D eigenvalue weighted by Gasteiger charge is 2.57. The Morgan fingerprint density at radius 3 is 2.18 bits per heavy atom. The number of imide groups is 1. The summed E-state index contributed by atoms with van der Waals surface area (Å²) in [5, 5.41) is 2.34. The van der Waals surface area contributed by atoms with Crippen molar-refractivity contribution in [2.45, 2.75) is 71.6 Å². The Morgan fingerprint density at radius 2 is 1.70 bits per heavy atom. The standard InChI is InChI=1S/C32H49N3O6S3/c1-10-15-43-31(42)44-23(27(37)34(8)9)17-22(26(36)33-19(4)5)18-32(6,7)30(40)41-14-13-35-28(38)24-20(11-2)16-21(12-3)25(24)29(35)39/h11-12,19-25H,2-3,10,13-18H2,1,4-9H3,(H,33,36)/t20?,21?,22?,23?,24-,25+. The molecule has 0 bridgehead atoms. The summed E-state index contributed by atoms with van der Waals surface area (Å²) in [6, 6.07) is -0.131. The zero-order chi connectivity index (χ0) is 33.4. The van der Waals surface area contributed by atoms with Gasteiger partial charge >= 0.3 is 5.97 Å². The van der Waals surface area contributed by atoms with Gasteiger partial charge in [-0.05, 0) is 71.0 Å². The van der Waals surface area contributed by atoms with Crippen LogP contribution in [0.3, 0.4) is 0 Å². The van der Waals surface area contributed by atoms with E-state index in [9.17, 15) is 24.0 Å². The number of amides is 4. The van der Waals surface area contributed by atoms with Crippen molar-refractivity contribution < 1.29 is 28.7 Å². The molecule has 12 heteroatoms. The quantitative estimate of drug-likeness (QED) is 0.108. The fourth-order valence-corrected chi connectivity index (χ4v) is 8.59.